The van der Waals surface area contributed by atoms with Gasteiger partial charge in [0.1, 0.15) is 0 Å². The second-order valence-corrected chi connectivity index (χ2v) is 5.42. The van der Waals surface area contributed by atoms with Crippen LogP contribution in [0.5, 0.6) is 0 Å². The largest absolute Gasteiger partial charge is 0.399 e. The van der Waals surface area contributed by atoms with Crippen LogP contribution >= 0.6 is 11.8 Å². The molecule has 1 saturated heterocycles. The molecule has 1 amide bonds. The lowest BCUT2D eigenvalue weighted by molar-refractivity contribution is -0.131. The third-order valence-corrected chi connectivity index (χ3v) is 3.90. The second-order valence-electron chi connectivity index (χ2n) is 3.58. The average molecular weight is 226 g/mol. The molecular weight excluding hydrogens is 212 g/mol. The van der Waals surface area contributed by atoms with Crippen LogP contribution in [0.1, 0.15) is 0 Å². The summed E-state index contributed by atoms with van der Waals surface area (Å²) >= 11 is -0.814. The van der Waals surface area contributed by atoms with Gasteiger partial charge < -0.3 is 10.6 Å². The summed E-state index contributed by atoms with van der Waals surface area (Å²) < 4.78 is 0. The lowest BCUT2D eigenvalue weighted by atomic mass is 10.2. The number of nitrogens with two attached hydrogens (primary N) is 1. The summed E-state index contributed by atoms with van der Waals surface area (Å²) in [5.74, 6) is 0.521. The first-order valence-electron chi connectivity index (χ1n) is 4.89. The van der Waals surface area contributed by atoms with Crippen molar-refractivity contribution in [3.8, 4) is 0 Å². The molecule has 4 nitrogen and oxygen atoms in total. The van der Waals surface area contributed by atoms with Crippen molar-refractivity contribution < 1.29 is 9.59 Å². The molecule has 0 aromatic heterocycles. The maximum Gasteiger partial charge on any atom is 0.301 e. The van der Waals surface area contributed by atoms with Crippen LogP contribution in [0.2, 0.25) is 0 Å². The zero-order valence-corrected chi connectivity index (χ0v) is 9.69. The molecule has 2 N–H and O–H groups in total. The maximum absolute atomic E-state index is 11.6. The summed E-state index contributed by atoms with van der Waals surface area (Å²) in [4.78, 5) is 24.4. The molecule has 0 atom stereocenters. The fourth-order valence-corrected chi connectivity index (χ4v) is 2.86. The fraction of sp³-hybridized carbons (Fsp3) is 0.200. The minimum atomic E-state index is -0.814. The number of carbonyl (C=O) groups excluding carboxylic acids is 2. The van der Waals surface area contributed by atoms with Crippen LogP contribution in [0.4, 0.5) is 11.4 Å². The Morgan fingerprint density at radius 3 is 2.53 bits per heavy atom. The van der Waals surface area contributed by atoms with Crippen LogP contribution in [-0.2, 0) is 9.59 Å². The first kappa shape index (κ1) is 10.0. The topological polar surface area (TPSA) is 63.4 Å². The highest BCUT2D eigenvalue weighted by molar-refractivity contribution is 8.15. The van der Waals surface area contributed by atoms with E-state index in [1.807, 2.05) is 0 Å². The Labute approximate surface area is 91.4 Å². The van der Waals surface area contributed by atoms with Gasteiger partial charge in [-0.25, -0.2) is 11.8 Å². The normalized spacial score (nSPS) is 17.5. The van der Waals surface area contributed by atoms with Crippen LogP contribution < -0.4 is 10.6 Å². The molecule has 0 radical (unpaired) electrons. The molecule has 0 spiro atoms. The Kier molecular flexibility index (Phi) is 2.64. The van der Waals surface area contributed by atoms with Crippen molar-refractivity contribution in [2.45, 2.75) is 0 Å². The van der Waals surface area contributed by atoms with Crippen LogP contribution in [0.25, 0.3) is 0 Å². The number of anilines is 2. The molecule has 1 fully saturated rings. The van der Waals surface area contributed by atoms with E-state index in [0.29, 0.717) is 12.2 Å². The average Bonchev–Trinajstić information content (AvgIpc) is 2.24. The van der Waals surface area contributed by atoms with Gasteiger partial charge in [-0.3, -0.25) is 9.59 Å². The lowest BCUT2D eigenvalue weighted by Gasteiger charge is -2.26. The SMILES string of the molecule is Nc1ccc(N2CC[SH4]C(=O)C2=O)cc1. The van der Waals surface area contributed by atoms with E-state index in [1.165, 1.54) is 4.90 Å². The minimum absolute atomic E-state index is 0.168. The molecule has 1 aliphatic rings. The predicted molar refractivity (Wildman–Crippen MR) is 66.3 cm³/mol. The van der Waals surface area contributed by atoms with Gasteiger partial charge in [0, 0.05) is 17.9 Å². The van der Waals surface area contributed by atoms with Gasteiger partial charge in [-0.1, -0.05) is 0 Å². The summed E-state index contributed by atoms with van der Waals surface area (Å²) in [6.45, 7) is 0.667. The molecule has 0 unspecified atom stereocenters. The summed E-state index contributed by atoms with van der Waals surface area (Å²) in [5, 5.41) is -0.168. The van der Waals surface area contributed by atoms with Crippen LogP contribution in [-0.4, -0.2) is 23.3 Å². The van der Waals surface area contributed by atoms with Crippen molar-refractivity contribution in [2.24, 2.45) is 0 Å². The highest BCUT2D eigenvalue weighted by Gasteiger charge is 2.25. The Balaban J connectivity index is 2.26. The van der Waals surface area contributed by atoms with E-state index in [2.05, 4.69) is 0 Å². The van der Waals surface area contributed by atoms with Crippen molar-refractivity contribution in [3.05, 3.63) is 24.3 Å². The van der Waals surface area contributed by atoms with Crippen molar-refractivity contribution in [1.82, 2.24) is 0 Å². The zero-order valence-electron chi connectivity index (χ0n) is 8.27. The molecule has 1 aromatic rings. The van der Waals surface area contributed by atoms with Gasteiger partial charge >= 0.3 is 5.91 Å². The quantitative estimate of drug-likeness (QED) is 0.533. The molecule has 0 bridgehead atoms. The minimum Gasteiger partial charge on any atom is -0.399 e. The number of amides is 1. The monoisotopic (exact) mass is 226 g/mol. The Morgan fingerprint density at radius 2 is 1.87 bits per heavy atom. The number of benzene rings is 1. The first-order chi connectivity index (χ1) is 7.18. The molecule has 5 heteroatoms. The van der Waals surface area contributed by atoms with Gasteiger partial charge in [0.2, 0.25) is 5.12 Å². The number of rotatable bonds is 1. The van der Waals surface area contributed by atoms with E-state index in [0.717, 1.165) is 11.4 Å². The van der Waals surface area contributed by atoms with Crippen LogP contribution in [0.15, 0.2) is 24.3 Å². The smallest absolute Gasteiger partial charge is 0.301 e. The van der Waals surface area contributed by atoms with Gasteiger partial charge in [-0.15, -0.1) is 0 Å². The molecule has 2 rings (SSSR count). The summed E-state index contributed by atoms with van der Waals surface area (Å²) in [5.41, 5.74) is 6.97. The summed E-state index contributed by atoms with van der Waals surface area (Å²) in [7, 11) is 0. The highest BCUT2D eigenvalue weighted by atomic mass is 32.2. The van der Waals surface area contributed by atoms with E-state index in [1.54, 1.807) is 24.3 Å². The Bertz CT molecular complexity index is 402. The molecule has 0 aliphatic carbocycles. The van der Waals surface area contributed by atoms with E-state index in [9.17, 15) is 9.59 Å². The molecule has 15 heavy (non-hydrogen) atoms. The number of nitrogens with zero attached hydrogens (tertiary/aromatic N) is 1. The number of hydrogen-bond donors (Lipinski definition) is 1. The molecule has 0 saturated carbocycles. The summed E-state index contributed by atoms with van der Waals surface area (Å²) in [6, 6.07) is 7.01. The number of hydrogen-bond acceptors (Lipinski definition) is 3. The van der Waals surface area contributed by atoms with Gasteiger partial charge in [-0.2, -0.15) is 0 Å². The van der Waals surface area contributed by atoms with Crippen molar-refractivity contribution in [2.75, 3.05) is 22.9 Å². The predicted octanol–water partition coefficient (Wildman–Crippen LogP) is -0.196. The van der Waals surface area contributed by atoms with Gasteiger partial charge in [0.15, 0.2) is 0 Å². The molecule has 1 aliphatic heterocycles. The van der Waals surface area contributed by atoms with E-state index >= 15 is 0 Å². The van der Waals surface area contributed by atoms with Crippen molar-refractivity contribution >= 4 is 34.2 Å². The van der Waals surface area contributed by atoms with E-state index < -0.39 is 11.8 Å². The fourth-order valence-electron chi connectivity index (χ4n) is 1.66. The van der Waals surface area contributed by atoms with Gasteiger partial charge in [0.25, 0.3) is 0 Å². The third kappa shape index (κ3) is 1.97. The maximum atomic E-state index is 11.6. The standard InChI is InChI=1S/C10H14N2O2S/c11-7-1-3-8(4-2-7)12-5-6-15-10(14)9(12)13/h1-4H,5-6,11H2,15H4. The van der Waals surface area contributed by atoms with E-state index in [-0.39, 0.29) is 11.0 Å². The highest BCUT2D eigenvalue weighted by Crippen LogP contribution is 2.22. The summed E-state index contributed by atoms with van der Waals surface area (Å²) in [6.07, 6.45) is 0. The molecular formula is C10H14N2O2S. The number of nitrogen functional groups attached to an aromatic ring is 1. The van der Waals surface area contributed by atoms with Crippen molar-refractivity contribution in [3.63, 3.8) is 0 Å². The Hall–Kier alpha value is -1.49. The molecule has 82 valence electrons. The van der Waals surface area contributed by atoms with Crippen molar-refractivity contribution in [1.29, 1.82) is 0 Å². The van der Waals surface area contributed by atoms with Crippen LogP contribution in [0, 0.1) is 0 Å². The molecule has 1 heterocycles. The molecule has 1 aromatic carbocycles. The first-order valence-corrected chi connectivity index (χ1v) is 6.59. The second kappa shape index (κ2) is 3.94. The Morgan fingerprint density at radius 1 is 1.20 bits per heavy atom. The van der Waals surface area contributed by atoms with Gasteiger partial charge in [0.05, 0.1) is 0 Å². The van der Waals surface area contributed by atoms with Gasteiger partial charge in [-0.05, 0) is 30.0 Å². The lowest BCUT2D eigenvalue weighted by Crippen LogP contribution is -2.41. The zero-order chi connectivity index (χ0) is 10.8. The van der Waals surface area contributed by atoms with Crippen LogP contribution in [0.3, 0.4) is 0 Å². The van der Waals surface area contributed by atoms with E-state index in [4.69, 9.17) is 5.73 Å². The third-order valence-electron chi connectivity index (χ3n) is 2.47. The number of carbonyl (C=O) groups is 2.